The van der Waals surface area contributed by atoms with Gasteiger partial charge in [-0.25, -0.2) is 0 Å². The SMILES string of the molecule is COC(=O)CNC(=O)c1cn(-c2cc(OC)c(OC)c(OC)c2)c(=O)c2ccccc12. The largest absolute Gasteiger partial charge is 0.493 e. The second kappa shape index (κ2) is 9.21. The maximum Gasteiger partial charge on any atom is 0.325 e. The topological polar surface area (TPSA) is 105 Å². The minimum atomic E-state index is -0.587. The van der Waals surface area contributed by atoms with Gasteiger partial charge in [0.25, 0.3) is 11.5 Å². The smallest absolute Gasteiger partial charge is 0.325 e. The van der Waals surface area contributed by atoms with E-state index in [0.29, 0.717) is 33.7 Å². The number of nitrogens with one attached hydrogen (secondary N) is 1. The van der Waals surface area contributed by atoms with E-state index in [0.717, 1.165) is 0 Å². The fraction of sp³-hybridized carbons (Fsp3) is 0.227. The van der Waals surface area contributed by atoms with Crippen molar-refractivity contribution in [1.82, 2.24) is 9.88 Å². The number of pyridine rings is 1. The molecule has 0 aliphatic rings. The van der Waals surface area contributed by atoms with Crippen LogP contribution in [0.25, 0.3) is 16.5 Å². The van der Waals surface area contributed by atoms with Gasteiger partial charge in [-0.1, -0.05) is 18.2 Å². The van der Waals surface area contributed by atoms with E-state index in [2.05, 4.69) is 10.1 Å². The number of aromatic nitrogens is 1. The third kappa shape index (κ3) is 4.16. The number of esters is 1. The number of ether oxygens (including phenoxy) is 4. The van der Waals surface area contributed by atoms with Gasteiger partial charge >= 0.3 is 5.97 Å². The molecule has 0 aliphatic heterocycles. The van der Waals surface area contributed by atoms with Gasteiger partial charge in [0.2, 0.25) is 5.75 Å². The highest BCUT2D eigenvalue weighted by atomic mass is 16.5. The second-order valence-electron chi connectivity index (χ2n) is 6.41. The monoisotopic (exact) mass is 426 g/mol. The van der Waals surface area contributed by atoms with Crippen molar-refractivity contribution in [3.8, 4) is 22.9 Å². The Kier molecular flexibility index (Phi) is 6.44. The standard InChI is InChI=1S/C22H22N2O7/c1-28-17-9-13(10-18(29-2)20(17)31-4)24-12-16(21(26)23-11-19(25)30-3)14-7-5-6-8-15(14)22(24)27/h5-10,12H,11H2,1-4H3,(H,23,26). The fourth-order valence-electron chi connectivity index (χ4n) is 3.19. The summed E-state index contributed by atoms with van der Waals surface area (Å²) in [6, 6.07) is 9.94. The molecule has 0 spiro atoms. The Bertz CT molecular complexity index is 1180. The summed E-state index contributed by atoms with van der Waals surface area (Å²) < 4.78 is 22.0. The van der Waals surface area contributed by atoms with E-state index in [1.165, 1.54) is 39.2 Å². The van der Waals surface area contributed by atoms with Gasteiger partial charge in [-0.15, -0.1) is 0 Å². The molecule has 0 saturated carbocycles. The van der Waals surface area contributed by atoms with Crippen molar-refractivity contribution >= 4 is 22.6 Å². The van der Waals surface area contributed by atoms with Crippen molar-refractivity contribution in [3.05, 3.63) is 58.5 Å². The molecule has 0 unspecified atom stereocenters. The van der Waals surface area contributed by atoms with Crippen LogP contribution >= 0.6 is 0 Å². The first kappa shape index (κ1) is 21.7. The van der Waals surface area contributed by atoms with E-state index in [-0.39, 0.29) is 17.7 Å². The zero-order chi connectivity index (χ0) is 22.5. The number of nitrogens with zero attached hydrogens (tertiary/aromatic N) is 1. The number of rotatable bonds is 7. The first-order valence-electron chi connectivity index (χ1n) is 9.25. The molecular formula is C22H22N2O7. The molecule has 0 bridgehead atoms. The molecule has 3 aromatic rings. The highest BCUT2D eigenvalue weighted by Gasteiger charge is 2.19. The van der Waals surface area contributed by atoms with Gasteiger partial charge in [0, 0.05) is 29.1 Å². The number of hydrogen-bond acceptors (Lipinski definition) is 7. The molecule has 1 aromatic heterocycles. The molecule has 3 rings (SSSR count). The van der Waals surface area contributed by atoms with Crippen LogP contribution in [0.15, 0.2) is 47.4 Å². The summed E-state index contributed by atoms with van der Waals surface area (Å²) >= 11 is 0. The van der Waals surface area contributed by atoms with Crippen LogP contribution in [0.2, 0.25) is 0 Å². The number of carbonyl (C=O) groups is 2. The van der Waals surface area contributed by atoms with E-state index in [1.807, 2.05) is 0 Å². The lowest BCUT2D eigenvalue weighted by Crippen LogP contribution is -2.31. The Morgan fingerprint density at radius 1 is 0.935 bits per heavy atom. The van der Waals surface area contributed by atoms with E-state index in [9.17, 15) is 14.4 Å². The summed E-state index contributed by atoms with van der Waals surface area (Å²) in [7, 11) is 5.65. The first-order chi connectivity index (χ1) is 14.9. The predicted molar refractivity (Wildman–Crippen MR) is 114 cm³/mol. The van der Waals surface area contributed by atoms with Crippen LogP contribution < -0.4 is 25.1 Å². The molecular weight excluding hydrogens is 404 g/mol. The predicted octanol–water partition coefficient (Wildman–Crippen LogP) is 1.92. The summed E-state index contributed by atoms with van der Waals surface area (Å²) in [6.07, 6.45) is 1.41. The van der Waals surface area contributed by atoms with Crippen LogP contribution in [0, 0.1) is 0 Å². The number of fused-ring (bicyclic) bond motifs is 1. The summed E-state index contributed by atoms with van der Waals surface area (Å²) in [4.78, 5) is 37.5. The number of amides is 1. The highest BCUT2D eigenvalue weighted by molar-refractivity contribution is 6.07. The number of carbonyl (C=O) groups excluding carboxylic acids is 2. The average Bonchev–Trinajstić information content (AvgIpc) is 2.81. The normalized spacial score (nSPS) is 10.5. The van der Waals surface area contributed by atoms with Crippen LogP contribution in [0.3, 0.4) is 0 Å². The Morgan fingerprint density at radius 3 is 2.10 bits per heavy atom. The van der Waals surface area contributed by atoms with Crippen LogP contribution in [-0.4, -0.2) is 51.4 Å². The van der Waals surface area contributed by atoms with Crippen LogP contribution in [0.5, 0.6) is 17.2 Å². The molecule has 2 aromatic carbocycles. The van der Waals surface area contributed by atoms with E-state index >= 15 is 0 Å². The van der Waals surface area contributed by atoms with Gasteiger partial charge < -0.3 is 24.3 Å². The third-order valence-electron chi connectivity index (χ3n) is 4.72. The zero-order valence-electron chi connectivity index (χ0n) is 17.6. The van der Waals surface area contributed by atoms with Gasteiger partial charge in [-0.2, -0.15) is 0 Å². The molecule has 0 fully saturated rings. The van der Waals surface area contributed by atoms with Gasteiger partial charge in [-0.3, -0.25) is 19.0 Å². The first-order valence-corrected chi connectivity index (χ1v) is 9.25. The van der Waals surface area contributed by atoms with E-state index in [4.69, 9.17) is 14.2 Å². The lowest BCUT2D eigenvalue weighted by Gasteiger charge is -2.16. The molecule has 31 heavy (non-hydrogen) atoms. The highest BCUT2D eigenvalue weighted by Crippen LogP contribution is 2.39. The molecule has 1 heterocycles. The average molecular weight is 426 g/mol. The quantitative estimate of drug-likeness (QED) is 0.576. The summed E-state index contributed by atoms with van der Waals surface area (Å²) in [5.41, 5.74) is 0.287. The van der Waals surface area contributed by atoms with Crippen molar-refractivity contribution in [1.29, 1.82) is 0 Å². The third-order valence-corrected chi connectivity index (χ3v) is 4.72. The van der Waals surface area contributed by atoms with Gasteiger partial charge in [0.05, 0.1) is 39.7 Å². The van der Waals surface area contributed by atoms with Crippen molar-refractivity contribution < 1.29 is 28.5 Å². The van der Waals surface area contributed by atoms with Crippen molar-refractivity contribution in [2.45, 2.75) is 0 Å². The number of hydrogen-bond donors (Lipinski definition) is 1. The number of benzene rings is 2. The molecule has 0 saturated heterocycles. The minimum Gasteiger partial charge on any atom is -0.493 e. The van der Waals surface area contributed by atoms with E-state index < -0.39 is 11.9 Å². The molecule has 9 nitrogen and oxygen atoms in total. The maximum atomic E-state index is 13.2. The van der Waals surface area contributed by atoms with Gasteiger partial charge in [0.15, 0.2) is 11.5 Å². The summed E-state index contributed by atoms with van der Waals surface area (Å²) in [5, 5.41) is 3.30. The molecule has 0 radical (unpaired) electrons. The molecule has 0 aliphatic carbocycles. The Balaban J connectivity index is 2.23. The molecule has 162 valence electrons. The molecule has 1 amide bonds. The molecule has 9 heteroatoms. The fourth-order valence-corrected chi connectivity index (χ4v) is 3.19. The Hall–Kier alpha value is -4.01. The van der Waals surface area contributed by atoms with Crippen molar-refractivity contribution in [2.75, 3.05) is 35.0 Å². The van der Waals surface area contributed by atoms with Crippen LogP contribution in [0.4, 0.5) is 0 Å². The molecule has 1 N–H and O–H groups in total. The zero-order valence-corrected chi connectivity index (χ0v) is 17.6. The Morgan fingerprint density at radius 2 is 1.55 bits per heavy atom. The van der Waals surface area contributed by atoms with E-state index in [1.54, 1.807) is 36.4 Å². The molecule has 0 atom stereocenters. The second-order valence-corrected chi connectivity index (χ2v) is 6.41. The van der Waals surface area contributed by atoms with Crippen LogP contribution in [-0.2, 0) is 9.53 Å². The van der Waals surface area contributed by atoms with Gasteiger partial charge in [-0.05, 0) is 6.07 Å². The lowest BCUT2D eigenvalue weighted by atomic mass is 10.1. The number of methoxy groups -OCH3 is 4. The van der Waals surface area contributed by atoms with Crippen LogP contribution in [0.1, 0.15) is 10.4 Å². The lowest BCUT2D eigenvalue weighted by molar-refractivity contribution is -0.139. The van der Waals surface area contributed by atoms with Crippen molar-refractivity contribution in [2.24, 2.45) is 0 Å². The summed E-state index contributed by atoms with van der Waals surface area (Å²) in [6.45, 7) is -0.299. The maximum absolute atomic E-state index is 13.2. The van der Waals surface area contributed by atoms with Crippen molar-refractivity contribution in [3.63, 3.8) is 0 Å². The Labute approximate surface area is 178 Å². The minimum absolute atomic E-state index is 0.216. The van der Waals surface area contributed by atoms with Gasteiger partial charge in [0.1, 0.15) is 6.54 Å². The summed E-state index contributed by atoms with van der Waals surface area (Å²) in [5.74, 6) is -0.0285.